The zero-order valence-corrected chi connectivity index (χ0v) is 7.47. The Morgan fingerprint density at radius 2 is 1.91 bits per heavy atom. The molecule has 2 fully saturated rings. The van der Waals surface area contributed by atoms with Crippen LogP contribution in [0.15, 0.2) is 0 Å². The summed E-state index contributed by atoms with van der Waals surface area (Å²) in [5.74, 6) is 0. The molecule has 0 spiro atoms. The van der Waals surface area contributed by atoms with Crippen molar-refractivity contribution in [2.45, 2.75) is 44.6 Å². The zero-order chi connectivity index (χ0) is 7.73. The van der Waals surface area contributed by atoms with Crippen molar-refractivity contribution in [3.8, 4) is 0 Å². The molecule has 1 heterocycles. The van der Waals surface area contributed by atoms with E-state index in [2.05, 4.69) is 18.2 Å². The van der Waals surface area contributed by atoms with Gasteiger partial charge >= 0.3 is 0 Å². The SMILES string of the molecule is CCC1(N2CC[CH]CC2)CC1. The standard InChI is InChI=1S/C10H18N/c1-2-10(6-7-10)11-8-4-3-5-9-11/h3H,2,4-9H2,1H3. The van der Waals surface area contributed by atoms with Crippen LogP contribution in [-0.2, 0) is 0 Å². The lowest BCUT2D eigenvalue weighted by molar-refractivity contribution is 0.158. The molecule has 0 unspecified atom stereocenters. The van der Waals surface area contributed by atoms with E-state index < -0.39 is 0 Å². The summed E-state index contributed by atoms with van der Waals surface area (Å²) in [6, 6.07) is 0. The van der Waals surface area contributed by atoms with Crippen molar-refractivity contribution in [1.29, 1.82) is 0 Å². The monoisotopic (exact) mass is 152 g/mol. The summed E-state index contributed by atoms with van der Waals surface area (Å²) >= 11 is 0. The van der Waals surface area contributed by atoms with Crippen molar-refractivity contribution in [2.75, 3.05) is 13.1 Å². The minimum atomic E-state index is 0.675. The highest BCUT2D eigenvalue weighted by Gasteiger charge is 2.45. The lowest BCUT2D eigenvalue weighted by Gasteiger charge is -2.34. The summed E-state index contributed by atoms with van der Waals surface area (Å²) in [6.45, 7) is 4.99. The topological polar surface area (TPSA) is 3.24 Å². The zero-order valence-electron chi connectivity index (χ0n) is 7.47. The average molecular weight is 152 g/mol. The van der Waals surface area contributed by atoms with Gasteiger partial charge < -0.3 is 0 Å². The molecule has 2 aliphatic rings. The molecule has 1 saturated heterocycles. The van der Waals surface area contributed by atoms with Crippen LogP contribution in [0.25, 0.3) is 0 Å². The van der Waals surface area contributed by atoms with Crippen molar-refractivity contribution in [3.05, 3.63) is 6.42 Å². The Kier molecular flexibility index (Phi) is 1.92. The van der Waals surface area contributed by atoms with Gasteiger partial charge in [-0.3, -0.25) is 4.90 Å². The van der Waals surface area contributed by atoms with Gasteiger partial charge in [-0.25, -0.2) is 0 Å². The molecular formula is C10H18N. The summed E-state index contributed by atoms with van der Waals surface area (Å²) in [5, 5.41) is 0. The second kappa shape index (κ2) is 2.78. The number of piperidine rings is 1. The fraction of sp³-hybridized carbons (Fsp3) is 0.900. The normalized spacial score (nSPS) is 30.3. The van der Waals surface area contributed by atoms with Gasteiger partial charge in [0, 0.05) is 5.54 Å². The van der Waals surface area contributed by atoms with Gasteiger partial charge in [-0.05, 0) is 51.6 Å². The summed E-state index contributed by atoms with van der Waals surface area (Å²) < 4.78 is 0. The second-order valence-electron chi connectivity index (χ2n) is 3.93. The molecule has 0 atom stereocenters. The smallest absolute Gasteiger partial charge is 0.0208 e. The molecule has 0 aromatic rings. The highest BCUT2D eigenvalue weighted by Crippen LogP contribution is 2.45. The van der Waals surface area contributed by atoms with Crippen molar-refractivity contribution in [2.24, 2.45) is 0 Å². The van der Waals surface area contributed by atoms with E-state index in [0.717, 1.165) is 0 Å². The second-order valence-corrected chi connectivity index (χ2v) is 3.93. The van der Waals surface area contributed by atoms with Gasteiger partial charge in [0.1, 0.15) is 0 Å². The van der Waals surface area contributed by atoms with Gasteiger partial charge in [0.2, 0.25) is 0 Å². The first-order valence-corrected chi connectivity index (χ1v) is 4.94. The molecule has 1 nitrogen and oxygen atoms in total. The Labute approximate surface area is 69.8 Å². The van der Waals surface area contributed by atoms with E-state index >= 15 is 0 Å². The lowest BCUT2D eigenvalue weighted by Crippen LogP contribution is -2.40. The fourth-order valence-electron chi connectivity index (χ4n) is 2.26. The van der Waals surface area contributed by atoms with Gasteiger partial charge in [0.25, 0.3) is 0 Å². The highest BCUT2D eigenvalue weighted by atomic mass is 15.2. The molecule has 0 bridgehead atoms. The van der Waals surface area contributed by atoms with Gasteiger partial charge in [0.05, 0.1) is 0 Å². The fourth-order valence-corrected chi connectivity index (χ4v) is 2.26. The molecule has 0 aromatic carbocycles. The molecule has 1 radical (unpaired) electrons. The van der Waals surface area contributed by atoms with Crippen LogP contribution in [0.4, 0.5) is 0 Å². The van der Waals surface area contributed by atoms with E-state index in [-0.39, 0.29) is 0 Å². The molecule has 1 saturated carbocycles. The van der Waals surface area contributed by atoms with Gasteiger partial charge in [-0.1, -0.05) is 6.92 Å². The van der Waals surface area contributed by atoms with Gasteiger partial charge in [-0.15, -0.1) is 0 Å². The quantitative estimate of drug-likeness (QED) is 0.586. The first-order chi connectivity index (χ1) is 5.37. The van der Waals surface area contributed by atoms with Gasteiger partial charge in [0.15, 0.2) is 0 Å². The summed E-state index contributed by atoms with van der Waals surface area (Å²) in [6.07, 6.45) is 9.37. The maximum atomic E-state index is 2.72. The minimum Gasteiger partial charge on any atom is -0.298 e. The number of nitrogens with zero attached hydrogens (tertiary/aromatic N) is 1. The molecule has 1 heteroatoms. The molecule has 11 heavy (non-hydrogen) atoms. The van der Waals surface area contributed by atoms with Crippen molar-refractivity contribution < 1.29 is 0 Å². The average Bonchev–Trinajstić information content (AvgIpc) is 2.86. The summed E-state index contributed by atoms with van der Waals surface area (Å²) in [5.41, 5.74) is 0.675. The van der Waals surface area contributed by atoms with Crippen molar-refractivity contribution in [1.82, 2.24) is 4.90 Å². The number of rotatable bonds is 2. The molecule has 0 N–H and O–H groups in total. The van der Waals surface area contributed by atoms with Crippen LogP contribution in [-0.4, -0.2) is 23.5 Å². The first-order valence-electron chi connectivity index (χ1n) is 4.94. The third-order valence-corrected chi connectivity index (χ3v) is 3.36. The minimum absolute atomic E-state index is 0.675. The molecule has 0 aromatic heterocycles. The van der Waals surface area contributed by atoms with Crippen LogP contribution in [0.5, 0.6) is 0 Å². The maximum Gasteiger partial charge on any atom is 0.0208 e. The van der Waals surface area contributed by atoms with Crippen LogP contribution in [0.2, 0.25) is 0 Å². The molecule has 1 aliphatic heterocycles. The Morgan fingerprint density at radius 1 is 1.27 bits per heavy atom. The molecular weight excluding hydrogens is 134 g/mol. The largest absolute Gasteiger partial charge is 0.298 e. The van der Waals surface area contributed by atoms with E-state index in [0.29, 0.717) is 5.54 Å². The predicted molar refractivity (Wildman–Crippen MR) is 47.4 cm³/mol. The molecule has 2 rings (SSSR count). The van der Waals surface area contributed by atoms with Crippen molar-refractivity contribution >= 4 is 0 Å². The van der Waals surface area contributed by atoms with Crippen LogP contribution < -0.4 is 0 Å². The summed E-state index contributed by atoms with van der Waals surface area (Å²) in [7, 11) is 0. The number of hydrogen-bond acceptors (Lipinski definition) is 1. The van der Waals surface area contributed by atoms with Crippen LogP contribution in [0.1, 0.15) is 39.0 Å². The predicted octanol–water partition coefficient (Wildman–Crippen LogP) is 2.23. The number of hydrogen-bond donors (Lipinski definition) is 0. The van der Waals surface area contributed by atoms with E-state index in [1.807, 2.05) is 0 Å². The van der Waals surface area contributed by atoms with Crippen molar-refractivity contribution in [3.63, 3.8) is 0 Å². The van der Waals surface area contributed by atoms with Gasteiger partial charge in [-0.2, -0.15) is 0 Å². The number of likely N-dealkylation sites (tertiary alicyclic amines) is 1. The Bertz CT molecular complexity index is 132. The molecule has 63 valence electrons. The third kappa shape index (κ3) is 1.31. The van der Waals surface area contributed by atoms with Crippen LogP contribution in [0, 0.1) is 6.42 Å². The third-order valence-electron chi connectivity index (χ3n) is 3.36. The lowest BCUT2D eigenvalue weighted by atomic mass is 10.1. The van der Waals surface area contributed by atoms with Crippen LogP contribution in [0.3, 0.4) is 0 Å². The Hall–Kier alpha value is -0.0400. The first kappa shape index (κ1) is 7.60. The molecule has 0 amide bonds. The maximum absolute atomic E-state index is 2.72. The Morgan fingerprint density at radius 3 is 2.36 bits per heavy atom. The highest BCUT2D eigenvalue weighted by molar-refractivity contribution is 5.04. The van der Waals surface area contributed by atoms with E-state index in [1.165, 1.54) is 45.2 Å². The summed E-state index contributed by atoms with van der Waals surface area (Å²) in [4.78, 5) is 2.72. The van der Waals surface area contributed by atoms with E-state index in [9.17, 15) is 0 Å². The van der Waals surface area contributed by atoms with E-state index in [4.69, 9.17) is 0 Å². The van der Waals surface area contributed by atoms with E-state index in [1.54, 1.807) is 0 Å². The van der Waals surface area contributed by atoms with Crippen LogP contribution >= 0.6 is 0 Å². The molecule has 1 aliphatic carbocycles. The Balaban J connectivity index is 1.92.